The highest BCUT2D eigenvalue weighted by atomic mass is 16.5. The molecule has 0 radical (unpaired) electrons. The van der Waals surface area contributed by atoms with Gasteiger partial charge >= 0.3 is 0 Å². The molecule has 2 aromatic heterocycles. The molecule has 0 aliphatic carbocycles. The Balaban J connectivity index is 2.05. The molecular formula is C14H14N4O. The zero-order valence-electron chi connectivity index (χ0n) is 10.9. The summed E-state index contributed by atoms with van der Waals surface area (Å²) in [6.07, 6.45) is 2.41. The Morgan fingerprint density at radius 1 is 1.26 bits per heavy atom. The van der Waals surface area contributed by atoms with Gasteiger partial charge in [-0.2, -0.15) is 10.4 Å². The third kappa shape index (κ3) is 3.05. The minimum atomic E-state index is 0.293. The van der Waals surface area contributed by atoms with Crippen LogP contribution in [0.1, 0.15) is 22.5 Å². The second-order valence-electron chi connectivity index (χ2n) is 4.12. The standard InChI is InChI=1S/C14H14N4O/c1-10-11(2)17-18-14(13(10)9-15)19-8-6-12-5-3-4-7-16-12/h3-5,7H,6,8H2,1-2H3. The normalized spacial score (nSPS) is 9.95. The predicted molar refractivity (Wildman–Crippen MR) is 69.7 cm³/mol. The Morgan fingerprint density at radius 2 is 2.11 bits per heavy atom. The maximum absolute atomic E-state index is 9.13. The molecule has 96 valence electrons. The summed E-state index contributed by atoms with van der Waals surface area (Å²) in [4.78, 5) is 4.20. The van der Waals surface area contributed by atoms with Crippen molar-refractivity contribution >= 4 is 0 Å². The topological polar surface area (TPSA) is 71.7 Å². The van der Waals surface area contributed by atoms with Gasteiger partial charge in [0, 0.05) is 18.3 Å². The molecule has 2 rings (SSSR count). The van der Waals surface area contributed by atoms with Gasteiger partial charge in [0.15, 0.2) is 0 Å². The van der Waals surface area contributed by atoms with Crippen molar-refractivity contribution in [3.05, 3.63) is 46.9 Å². The van der Waals surface area contributed by atoms with Gasteiger partial charge in [0.25, 0.3) is 5.88 Å². The van der Waals surface area contributed by atoms with Crippen LogP contribution in [0.25, 0.3) is 0 Å². The van der Waals surface area contributed by atoms with Gasteiger partial charge in [-0.1, -0.05) is 6.07 Å². The van der Waals surface area contributed by atoms with Crippen molar-refractivity contribution in [1.29, 1.82) is 5.26 Å². The largest absolute Gasteiger partial charge is 0.475 e. The molecule has 0 saturated carbocycles. The van der Waals surface area contributed by atoms with Crippen LogP contribution >= 0.6 is 0 Å². The van der Waals surface area contributed by atoms with Gasteiger partial charge in [0.2, 0.25) is 0 Å². The quantitative estimate of drug-likeness (QED) is 0.834. The lowest BCUT2D eigenvalue weighted by Gasteiger charge is -2.08. The minimum absolute atomic E-state index is 0.293. The number of rotatable bonds is 4. The molecule has 0 saturated heterocycles. The Morgan fingerprint density at radius 3 is 2.79 bits per heavy atom. The molecule has 0 fully saturated rings. The fourth-order valence-electron chi connectivity index (χ4n) is 1.62. The van der Waals surface area contributed by atoms with E-state index in [-0.39, 0.29) is 0 Å². The molecule has 0 aromatic carbocycles. The molecule has 0 N–H and O–H groups in total. The zero-order valence-corrected chi connectivity index (χ0v) is 10.9. The predicted octanol–water partition coefficient (Wildman–Crippen LogP) is 1.98. The van der Waals surface area contributed by atoms with Crippen molar-refractivity contribution in [2.75, 3.05) is 6.61 Å². The zero-order chi connectivity index (χ0) is 13.7. The molecule has 19 heavy (non-hydrogen) atoms. The van der Waals surface area contributed by atoms with E-state index in [9.17, 15) is 0 Å². The van der Waals surface area contributed by atoms with Crippen LogP contribution in [0, 0.1) is 25.2 Å². The van der Waals surface area contributed by atoms with Gasteiger partial charge in [-0.05, 0) is 31.5 Å². The molecular weight excluding hydrogens is 240 g/mol. The van der Waals surface area contributed by atoms with Crippen molar-refractivity contribution in [2.24, 2.45) is 0 Å². The fourth-order valence-corrected chi connectivity index (χ4v) is 1.62. The summed E-state index contributed by atoms with van der Waals surface area (Å²) in [5, 5.41) is 17.0. The highest BCUT2D eigenvalue weighted by Crippen LogP contribution is 2.19. The SMILES string of the molecule is Cc1nnc(OCCc2ccccn2)c(C#N)c1C. The molecule has 2 aromatic rings. The van der Waals surface area contributed by atoms with Gasteiger partial charge < -0.3 is 4.74 Å². The van der Waals surface area contributed by atoms with Gasteiger partial charge in [-0.25, -0.2) is 0 Å². The van der Waals surface area contributed by atoms with E-state index in [1.54, 1.807) is 6.20 Å². The molecule has 0 aliphatic heterocycles. The first kappa shape index (κ1) is 13.0. The number of nitriles is 1. The maximum Gasteiger partial charge on any atom is 0.251 e. The van der Waals surface area contributed by atoms with Crippen molar-refractivity contribution in [3.63, 3.8) is 0 Å². The van der Waals surface area contributed by atoms with Crippen LogP contribution in [0.5, 0.6) is 5.88 Å². The number of hydrogen-bond donors (Lipinski definition) is 0. The van der Waals surface area contributed by atoms with E-state index in [2.05, 4.69) is 21.3 Å². The lowest BCUT2D eigenvalue weighted by molar-refractivity contribution is 0.303. The van der Waals surface area contributed by atoms with Gasteiger partial charge in [-0.3, -0.25) is 4.98 Å². The van der Waals surface area contributed by atoms with Crippen LogP contribution in [0.15, 0.2) is 24.4 Å². The summed E-state index contributed by atoms with van der Waals surface area (Å²) in [6.45, 7) is 4.08. The molecule has 0 bridgehead atoms. The number of nitrogens with zero attached hydrogens (tertiary/aromatic N) is 4. The van der Waals surface area contributed by atoms with Crippen LogP contribution in [-0.2, 0) is 6.42 Å². The number of pyridine rings is 1. The summed E-state index contributed by atoms with van der Waals surface area (Å²) < 4.78 is 5.53. The molecule has 5 heteroatoms. The van der Waals surface area contributed by atoms with E-state index < -0.39 is 0 Å². The minimum Gasteiger partial charge on any atom is -0.475 e. The number of hydrogen-bond acceptors (Lipinski definition) is 5. The lowest BCUT2D eigenvalue weighted by Crippen LogP contribution is -2.07. The number of ether oxygens (including phenoxy) is 1. The van der Waals surface area contributed by atoms with Crippen LogP contribution in [0.4, 0.5) is 0 Å². The van der Waals surface area contributed by atoms with Crippen molar-refractivity contribution in [1.82, 2.24) is 15.2 Å². The average Bonchev–Trinajstić information content (AvgIpc) is 2.44. The molecule has 0 amide bonds. The molecule has 0 unspecified atom stereocenters. The Kier molecular flexibility index (Phi) is 4.04. The van der Waals surface area contributed by atoms with E-state index in [1.807, 2.05) is 32.0 Å². The van der Waals surface area contributed by atoms with E-state index in [1.165, 1.54) is 0 Å². The smallest absolute Gasteiger partial charge is 0.251 e. The third-order valence-electron chi connectivity index (χ3n) is 2.86. The van der Waals surface area contributed by atoms with E-state index in [0.29, 0.717) is 24.5 Å². The van der Waals surface area contributed by atoms with Crippen molar-refractivity contribution in [3.8, 4) is 11.9 Å². The first-order chi connectivity index (χ1) is 9.22. The van der Waals surface area contributed by atoms with Crippen LogP contribution in [-0.4, -0.2) is 21.8 Å². The highest BCUT2D eigenvalue weighted by Gasteiger charge is 2.11. The highest BCUT2D eigenvalue weighted by molar-refractivity contribution is 5.44. The van der Waals surface area contributed by atoms with Gasteiger partial charge in [0.1, 0.15) is 11.6 Å². The number of aromatic nitrogens is 3. The first-order valence-electron chi connectivity index (χ1n) is 5.99. The summed E-state index contributed by atoms with van der Waals surface area (Å²) in [7, 11) is 0. The Labute approximate surface area is 111 Å². The third-order valence-corrected chi connectivity index (χ3v) is 2.86. The summed E-state index contributed by atoms with van der Waals surface area (Å²) in [5.74, 6) is 0.293. The van der Waals surface area contributed by atoms with Crippen LogP contribution in [0.3, 0.4) is 0 Å². The van der Waals surface area contributed by atoms with Gasteiger partial charge in [-0.15, -0.1) is 5.10 Å². The van der Waals surface area contributed by atoms with Crippen molar-refractivity contribution < 1.29 is 4.74 Å². The van der Waals surface area contributed by atoms with Crippen LogP contribution in [0.2, 0.25) is 0 Å². The molecule has 0 spiro atoms. The first-order valence-corrected chi connectivity index (χ1v) is 5.99. The molecule has 2 heterocycles. The summed E-state index contributed by atoms with van der Waals surface area (Å²) in [5.41, 5.74) is 2.95. The maximum atomic E-state index is 9.13. The van der Waals surface area contributed by atoms with Crippen LogP contribution < -0.4 is 4.74 Å². The molecule has 0 atom stereocenters. The van der Waals surface area contributed by atoms with E-state index in [4.69, 9.17) is 10.00 Å². The fraction of sp³-hybridized carbons (Fsp3) is 0.286. The monoisotopic (exact) mass is 254 g/mol. The summed E-state index contributed by atoms with van der Waals surface area (Å²) >= 11 is 0. The molecule has 5 nitrogen and oxygen atoms in total. The summed E-state index contributed by atoms with van der Waals surface area (Å²) in [6, 6.07) is 7.84. The van der Waals surface area contributed by atoms with E-state index in [0.717, 1.165) is 17.0 Å². The average molecular weight is 254 g/mol. The second-order valence-corrected chi connectivity index (χ2v) is 4.12. The van der Waals surface area contributed by atoms with Gasteiger partial charge in [0.05, 0.1) is 12.3 Å². The Hall–Kier alpha value is -2.48. The second kappa shape index (κ2) is 5.91. The van der Waals surface area contributed by atoms with Crippen molar-refractivity contribution in [2.45, 2.75) is 20.3 Å². The number of aryl methyl sites for hydroxylation is 1. The molecule has 0 aliphatic rings. The lowest BCUT2D eigenvalue weighted by atomic mass is 10.1. The Bertz CT molecular complexity index is 605. The van der Waals surface area contributed by atoms with E-state index >= 15 is 0 Å².